The molecule has 0 bridgehead atoms. The summed E-state index contributed by atoms with van der Waals surface area (Å²) in [6.45, 7) is 5.63. The number of benzene rings is 1. The van der Waals surface area contributed by atoms with Crippen molar-refractivity contribution in [3.63, 3.8) is 0 Å². The highest BCUT2D eigenvalue weighted by Gasteiger charge is 2.10. The summed E-state index contributed by atoms with van der Waals surface area (Å²) in [6, 6.07) is 5.73. The summed E-state index contributed by atoms with van der Waals surface area (Å²) >= 11 is 1.55. The standard InChI is InChI=1S/C13H13NOS/c1-3-5-10-6-4-7-11(12(10)15)13-14-9(2)8-16-13/h3-4,6-8,15H,1,5H2,2H3. The molecule has 0 spiro atoms. The van der Waals surface area contributed by atoms with Gasteiger partial charge >= 0.3 is 0 Å². The van der Waals surface area contributed by atoms with Crippen molar-refractivity contribution in [2.45, 2.75) is 13.3 Å². The summed E-state index contributed by atoms with van der Waals surface area (Å²) in [7, 11) is 0. The van der Waals surface area contributed by atoms with Crippen LogP contribution in [0.4, 0.5) is 0 Å². The molecular formula is C13H13NOS. The topological polar surface area (TPSA) is 33.1 Å². The van der Waals surface area contributed by atoms with Crippen LogP contribution in [0, 0.1) is 6.92 Å². The van der Waals surface area contributed by atoms with Gasteiger partial charge in [-0.25, -0.2) is 4.98 Å². The summed E-state index contributed by atoms with van der Waals surface area (Å²) in [5, 5.41) is 12.9. The summed E-state index contributed by atoms with van der Waals surface area (Å²) in [5.41, 5.74) is 2.67. The van der Waals surface area contributed by atoms with Crippen LogP contribution < -0.4 is 0 Å². The molecule has 0 saturated carbocycles. The van der Waals surface area contributed by atoms with Gasteiger partial charge in [0.15, 0.2) is 0 Å². The molecule has 1 aromatic heterocycles. The van der Waals surface area contributed by atoms with E-state index < -0.39 is 0 Å². The van der Waals surface area contributed by atoms with E-state index in [1.54, 1.807) is 17.4 Å². The molecule has 3 heteroatoms. The predicted molar refractivity (Wildman–Crippen MR) is 67.9 cm³/mol. The number of phenolic OH excluding ortho intramolecular Hbond substituents is 1. The Morgan fingerprint density at radius 3 is 2.94 bits per heavy atom. The van der Waals surface area contributed by atoms with E-state index in [1.807, 2.05) is 30.5 Å². The van der Waals surface area contributed by atoms with E-state index in [9.17, 15) is 5.11 Å². The zero-order valence-corrected chi connectivity index (χ0v) is 9.92. The lowest BCUT2D eigenvalue weighted by Crippen LogP contribution is -1.86. The third-order valence-corrected chi connectivity index (χ3v) is 3.33. The molecule has 0 aliphatic carbocycles. The van der Waals surface area contributed by atoms with Crippen LogP contribution in [0.1, 0.15) is 11.3 Å². The van der Waals surface area contributed by atoms with Crippen molar-refractivity contribution in [1.29, 1.82) is 0 Å². The van der Waals surface area contributed by atoms with E-state index in [2.05, 4.69) is 11.6 Å². The average molecular weight is 231 g/mol. The van der Waals surface area contributed by atoms with Crippen LogP contribution in [0.3, 0.4) is 0 Å². The summed E-state index contributed by atoms with van der Waals surface area (Å²) in [5.74, 6) is 0.316. The number of aromatic hydroxyl groups is 1. The monoisotopic (exact) mass is 231 g/mol. The number of allylic oxidation sites excluding steroid dienone is 1. The van der Waals surface area contributed by atoms with Crippen molar-refractivity contribution in [2.24, 2.45) is 0 Å². The van der Waals surface area contributed by atoms with Gasteiger partial charge in [0.25, 0.3) is 0 Å². The second-order valence-corrected chi connectivity index (χ2v) is 4.46. The molecule has 82 valence electrons. The Hall–Kier alpha value is -1.61. The Labute approximate surface area is 98.9 Å². The first-order valence-electron chi connectivity index (χ1n) is 5.06. The minimum atomic E-state index is 0.316. The van der Waals surface area contributed by atoms with Crippen LogP contribution in [-0.4, -0.2) is 10.1 Å². The van der Waals surface area contributed by atoms with E-state index >= 15 is 0 Å². The van der Waals surface area contributed by atoms with Crippen LogP contribution in [0.15, 0.2) is 36.2 Å². The molecule has 0 saturated heterocycles. The fourth-order valence-electron chi connectivity index (χ4n) is 1.56. The first-order valence-corrected chi connectivity index (χ1v) is 5.94. The molecule has 1 heterocycles. The molecule has 0 radical (unpaired) electrons. The number of para-hydroxylation sites is 1. The molecule has 16 heavy (non-hydrogen) atoms. The summed E-state index contributed by atoms with van der Waals surface area (Å²) in [6.07, 6.45) is 2.45. The molecule has 0 unspecified atom stereocenters. The number of hydrogen-bond acceptors (Lipinski definition) is 3. The van der Waals surface area contributed by atoms with Gasteiger partial charge in [-0.05, 0) is 25.0 Å². The molecular weight excluding hydrogens is 218 g/mol. The highest BCUT2D eigenvalue weighted by Crippen LogP contribution is 2.34. The molecule has 1 N–H and O–H groups in total. The first-order chi connectivity index (χ1) is 7.72. The Morgan fingerprint density at radius 2 is 2.31 bits per heavy atom. The van der Waals surface area contributed by atoms with Crippen molar-refractivity contribution in [3.8, 4) is 16.3 Å². The Bertz CT molecular complexity index is 516. The first kappa shape index (κ1) is 10.9. The molecule has 0 aliphatic rings. The van der Waals surface area contributed by atoms with Crippen molar-refractivity contribution >= 4 is 11.3 Å². The predicted octanol–water partition coefficient (Wildman–Crippen LogP) is 3.55. The van der Waals surface area contributed by atoms with E-state index in [1.165, 1.54) is 0 Å². The number of nitrogens with zero attached hydrogens (tertiary/aromatic N) is 1. The van der Waals surface area contributed by atoms with Crippen LogP contribution >= 0.6 is 11.3 Å². The second kappa shape index (κ2) is 4.49. The molecule has 0 fully saturated rings. The summed E-state index contributed by atoms with van der Waals surface area (Å²) < 4.78 is 0. The fourth-order valence-corrected chi connectivity index (χ4v) is 2.39. The number of rotatable bonds is 3. The quantitative estimate of drug-likeness (QED) is 0.819. The van der Waals surface area contributed by atoms with E-state index in [4.69, 9.17) is 0 Å². The van der Waals surface area contributed by atoms with Gasteiger partial charge in [0, 0.05) is 11.1 Å². The van der Waals surface area contributed by atoms with Gasteiger partial charge in [-0.1, -0.05) is 18.2 Å². The van der Waals surface area contributed by atoms with Gasteiger partial charge in [0.1, 0.15) is 10.8 Å². The highest BCUT2D eigenvalue weighted by molar-refractivity contribution is 7.13. The minimum absolute atomic E-state index is 0.316. The second-order valence-electron chi connectivity index (χ2n) is 3.60. The van der Waals surface area contributed by atoms with Gasteiger partial charge < -0.3 is 5.11 Å². The Morgan fingerprint density at radius 1 is 1.50 bits per heavy atom. The Kier molecular flexibility index (Phi) is 3.06. The molecule has 2 rings (SSSR count). The molecule has 2 nitrogen and oxygen atoms in total. The van der Waals surface area contributed by atoms with Gasteiger partial charge in [-0.15, -0.1) is 17.9 Å². The van der Waals surface area contributed by atoms with Gasteiger partial charge in [0.2, 0.25) is 0 Å². The zero-order chi connectivity index (χ0) is 11.5. The number of aryl methyl sites for hydroxylation is 1. The lowest BCUT2D eigenvalue weighted by molar-refractivity contribution is 0.472. The molecule has 0 aliphatic heterocycles. The maximum atomic E-state index is 10.1. The number of aromatic nitrogens is 1. The fraction of sp³-hybridized carbons (Fsp3) is 0.154. The summed E-state index contributed by atoms with van der Waals surface area (Å²) in [4.78, 5) is 4.38. The van der Waals surface area contributed by atoms with Crippen LogP contribution in [0.5, 0.6) is 5.75 Å². The third-order valence-electron chi connectivity index (χ3n) is 2.33. The largest absolute Gasteiger partial charge is 0.507 e. The molecule has 2 aromatic rings. The van der Waals surface area contributed by atoms with E-state index in [0.717, 1.165) is 21.8 Å². The van der Waals surface area contributed by atoms with Gasteiger partial charge in [-0.3, -0.25) is 0 Å². The SMILES string of the molecule is C=CCc1cccc(-c2nc(C)cs2)c1O. The Balaban J connectivity index is 2.49. The normalized spacial score (nSPS) is 10.3. The smallest absolute Gasteiger partial charge is 0.129 e. The third kappa shape index (κ3) is 1.99. The molecule has 1 aromatic carbocycles. The van der Waals surface area contributed by atoms with Crippen molar-refractivity contribution in [3.05, 3.63) is 47.5 Å². The van der Waals surface area contributed by atoms with Crippen molar-refractivity contribution in [2.75, 3.05) is 0 Å². The molecule has 0 atom stereocenters. The number of thiazole rings is 1. The lowest BCUT2D eigenvalue weighted by Gasteiger charge is -2.05. The van der Waals surface area contributed by atoms with Crippen LogP contribution in [0.25, 0.3) is 10.6 Å². The van der Waals surface area contributed by atoms with E-state index in [-0.39, 0.29) is 0 Å². The average Bonchev–Trinajstić information content (AvgIpc) is 2.68. The maximum absolute atomic E-state index is 10.1. The van der Waals surface area contributed by atoms with E-state index in [0.29, 0.717) is 12.2 Å². The maximum Gasteiger partial charge on any atom is 0.129 e. The zero-order valence-electron chi connectivity index (χ0n) is 9.10. The van der Waals surface area contributed by atoms with Gasteiger partial charge in [0.05, 0.1) is 5.56 Å². The highest BCUT2D eigenvalue weighted by atomic mass is 32.1. The van der Waals surface area contributed by atoms with Crippen LogP contribution in [0.2, 0.25) is 0 Å². The number of hydrogen-bond donors (Lipinski definition) is 1. The number of phenols is 1. The van der Waals surface area contributed by atoms with Crippen LogP contribution in [-0.2, 0) is 6.42 Å². The lowest BCUT2D eigenvalue weighted by atomic mass is 10.1. The van der Waals surface area contributed by atoms with Gasteiger partial charge in [-0.2, -0.15) is 0 Å². The molecule has 0 amide bonds. The van der Waals surface area contributed by atoms with Crippen molar-refractivity contribution in [1.82, 2.24) is 4.98 Å². The van der Waals surface area contributed by atoms with Crippen molar-refractivity contribution < 1.29 is 5.11 Å². The minimum Gasteiger partial charge on any atom is -0.507 e.